The summed E-state index contributed by atoms with van der Waals surface area (Å²) in [6.45, 7) is 6.52. The Bertz CT molecular complexity index is 294. The van der Waals surface area contributed by atoms with Crippen LogP contribution in [0.2, 0.25) is 0 Å². The Kier molecular flexibility index (Phi) is 2.73. The largest absolute Gasteiger partial charge is 0.381 e. The lowest BCUT2D eigenvalue weighted by Gasteiger charge is -2.14. The van der Waals surface area contributed by atoms with Crippen LogP contribution in [-0.4, -0.2) is 19.1 Å². The van der Waals surface area contributed by atoms with Gasteiger partial charge in [0.25, 0.3) is 0 Å². The van der Waals surface area contributed by atoms with E-state index < -0.39 is 0 Å². The van der Waals surface area contributed by atoms with Gasteiger partial charge in [0.15, 0.2) is 0 Å². The molecule has 0 saturated carbocycles. The van der Waals surface area contributed by atoms with Crippen molar-refractivity contribution in [1.29, 1.82) is 0 Å². The van der Waals surface area contributed by atoms with Crippen molar-refractivity contribution in [3.8, 4) is 0 Å². The topological polar surface area (TPSA) is 24.1 Å². The first kappa shape index (κ1) is 9.53. The van der Waals surface area contributed by atoms with Crippen molar-refractivity contribution in [3.63, 3.8) is 0 Å². The summed E-state index contributed by atoms with van der Waals surface area (Å²) < 4.78 is 0. The van der Waals surface area contributed by atoms with E-state index in [4.69, 9.17) is 0 Å². The van der Waals surface area contributed by atoms with Crippen LogP contribution in [0.1, 0.15) is 17.5 Å². The summed E-state index contributed by atoms with van der Waals surface area (Å²) in [4.78, 5) is 0. The van der Waals surface area contributed by atoms with Gasteiger partial charge in [-0.25, -0.2) is 0 Å². The highest BCUT2D eigenvalue weighted by Crippen LogP contribution is 2.16. The summed E-state index contributed by atoms with van der Waals surface area (Å²) in [5.41, 5.74) is 3.92. The summed E-state index contributed by atoms with van der Waals surface area (Å²) in [5, 5.41) is 6.92. The Balaban J connectivity index is 2.07. The van der Waals surface area contributed by atoms with E-state index in [0.29, 0.717) is 6.04 Å². The van der Waals surface area contributed by atoms with E-state index in [0.717, 1.165) is 13.1 Å². The molecule has 1 unspecified atom stereocenters. The molecule has 0 radical (unpaired) electrons. The van der Waals surface area contributed by atoms with E-state index in [1.54, 1.807) is 0 Å². The monoisotopic (exact) mass is 190 g/mol. The zero-order valence-electron chi connectivity index (χ0n) is 8.93. The fourth-order valence-electron chi connectivity index (χ4n) is 2.07. The average Bonchev–Trinajstić information content (AvgIpc) is 2.54. The van der Waals surface area contributed by atoms with Crippen molar-refractivity contribution >= 4 is 5.69 Å². The predicted octanol–water partition coefficient (Wildman–Crippen LogP) is 2.08. The van der Waals surface area contributed by atoms with Gasteiger partial charge in [0, 0.05) is 18.3 Å². The maximum atomic E-state index is 3.56. The average molecular weight is 190 g/mol. The predicted molar refractivity (Wildman–Crippen MR) is 60.8 cm³/mol. The molecule has 0 amide bonds. The molecular weight excluding hydrogens is 172 g/mol. The Morgan fingerprint density at radius 3 is 2.50 bits per heavy atom. The Morgan fingerprint density at radius 2 is 1.93 bits per heavy atom. The Morgan fingerprint density at radius 1 is 1.21 bits per heavy atom. The number of anilines is 1. The Labute approximate surface area is 85.7 Å². The van der Waals surface area contributed by atoms with Gasteiger partial charge in [-0.2, -0.15) is 0 Å². The van der Waals surface area contributed by atoms with E-state index in [9.17, 15) is 0 Å². The second kappa shape index (κ2) is 4.01. The van der Waals surface area contributed by atoms with Crippen LogP contribution in [0.4, 0.5) is 5.69 Å². The van der Waals surface area contributed by atoms with Gasteiger partial charge in [0.1, 0.15) is 0 Å². The highest BCUT2D eigenvalue weighted by molar-refractivity contribution is 5.49. The number of nitrogens with one attached hydrogen (secondary N) is 2. The van der Waals surface area contributed by atoms with Gasteiger partial charge in [0.05, 0.1) is 0 Å². The molecule has 0 bridgehead atoms. The lowest BCUT2D eigenvalue weighted by Crippen LogP contribution is -2.22. The highest BCUT2D eigenvalue weighted by Gasteiger charge is 2.13. The molecule has 2 heteroatoms. The molecule has 1 aromatic carbocycles. The molecule has 1 aliphatic heterocycles. The van der Waals surface area contributed by atoms with Gasteiger partial charge in [-0.05, 0) is 50.1 Å². The molecule has 1 heterocycles. The first-order valence-electron chi connectivity index (χ1n) is 5.29. The maximum absolute atomic E-state index is 3.56. The number of aryl methyl sites for hydroxylation is 2. The van der Waals surface area contributed by atoms with Crippen molar-refractivity contribution in [2.45, 2.75) is 26.3 Å². The summed E-state index contributed by atoms with van der Waals surface area (Å²) in [5.74, 6) is 0. The molecule has 76 valence electrons. The minimum atomic E-state index is 0.608. The van der Waals surface area contributed by atoms with E-state index in [-0.39, 0.29) is 0 Å². The first-order valence-corrected chi connectivity index (χ1v) is 5.29. The fraction of sp³-hybridized carbons (Fsp3) is 0.500. The van der Waals surface area contributed by atoms with E-state index in [1.807, 2.05) is 0 Å². The van der Waals surface area contributed by atoms with Crippen molar-refractivity contribution in [1.82, 2.24) is 5.32 Å². The minimum Gasteiger partial charge on any atom is -0.381 e. The minimum absolute atomic E-state index is 0.608. The molecule has 1 atom stereocenters. The smallest absolute Gasteiger partial charge is 0.0398 e. The number of hydrogen-bond acceptors (Lipinski definition) is 2. The zero-order chi connectivity index (χ0) is 9.97. The molecule has 1 fully saturated rings. The van der Waals surface area contributed by atoms with Gasteiger partial charge in [-0.15, -0.1) is 0 Å². The molecule has 0 spiro atoms. The molecule has 2 rings (SSSR count). The molecule has 1 saturated heterocycles. The third-order valence-electron chi connectivity index (χ3n) is 2.65. The van der Waals surface area contributed by atoms with Crippen LogP contribution in [0.15, 0.2) is 18.2 Å². The summed E-state index contributed by atoms with van der Waals surface area (Å²) in [6.07, 6.45) is 1.23. The van der Waals surface area contributed by atoms with Gasteiger partial charge < -0.3 is 10.6 Å². The van der Waals surface area contributed by atoms with Crippen molar-refractivity contribution < 1.29 is 0 Å². The van der Waals surface area contributed by atoms with Crippen molar-refractivity contribution in [3.05, 3.63) is 29.3 Å². The lowest BCUT2D eigenvalue weighted by atomic mass is 10.1. The van der Waals surface area contributed by atoms with Gasteiger partial charge >= 0.3 is 0 Å². The van der Waals surface area contributed by atoms with E-state index in [1.165, 1.54) is 23.2 Å². The summed E-state index contributed by atoms with van der Waals surface area (Å²) in [6, 6.07) is 7.24. The second-order valence-electron chi connectivity index (χ2n) is 4.21. The van der Waals surface area contributed by atoms with Crippen molar-refractivity contribution in [2.75, 3.05) is 18.4 Å². The van der Waals surface area contributed by atoms with E-state index in [2.05, 4.69) is 42.7 Å². The van der Waals surface area contributed by atoms with Gasteiger partial charge in [0.2, 0.25) is 0 Å². The molecular formula is C12H18N2. The molecule has 2 N–H and O–H groups in total. The van der Waals surface area contributed by atoms with Gasteiger partial charge in [-0.3, -0.25) is 0 Å². The van der Waals surface area contributed by atoms with Crippen molar-refractivity contribution in [2.24, 2.45) is 0 Å². The molecule has 2 nitrogen and oxygen atoms in total. The molecule has 0 aromatic heterocycles. The lowest BCUT2D eigenvalue weighted by molar-refractivity contribution is 0.793. The normalized spacial score (nSPS) is 21.1. The second-order valence-corrected chi connectivity index (χ2v) is 4.21. The fourth-order valence-corrected chi connectivity index (χ4v) is 2.07. The SMILES string of the molecule is Cc1cc(C)cc(NC2CCNC2)c1. The van der Waals surface area contributed by atoms with Crippen LogP contribution in [0.5, 0.6) is 0 Å². The third kappa shape index (κ3) is 2.26. The Hall–Kier alpha value is -1.02. The number of hydrogen-bond donors (Lipinski definition) is 2. The summed E-state index contributed by atoms with van der Waals surface area (Å²) in [7, 11) is 0. The van der Waals surface area contributed by atoms with E-state index >= 15 is 0 Å². The molecule has 14 heavy (non-hydrogen) atoms. The standard InChI is InChI=1S/C12H18N2/c1-9-5-10(2)7-12(6-9)14-11-3-4-13-8-11/h5-7,11,13-14H,3-4,8H2,1-2H3. The maximum Gasteiger partial charge on any atom is 0.0398 e. The molecule has 1 aliphatic rings. The van der Waals surface area contributed by atoms with Gasteiger partial charge in [-0.1, -0.05) is 6.07 Å². The van der Waals surface area contributed by atoms with Crippen LogP contribution in [0.3, 0.4) is 0 Å². The first-order chi connectivity index (χ1) is 6.74. The summed E-state index contributed by atoms with van der Waals surface area (Å²) >= 11 is 0. The van der Waals surface area contributed by atoms with Crippen LogP contribution >= 0.6 is 0 Å². The highest BCUT2D eigenvalue weighted by atomic mass is 15.0. The van der Waals surface area contributed by atoms with Crippen LogP contribution in [-0.2, 0) is 0 Å². The molecule has 1 aromatic rings. The zero-order valence-corrected chi connectivity index (χ0v) is 8.93. The third-order valence-corrected chi connectivity index (χ3v) is 2.65. The molecule has 0 aliphatic carbocycles. The number of benzene rings is 1. The quantitative estimate of drug-likeness (QED) is 0.746. The van der Waals surface area contributed by atoms with Crippen LogP contribution in [0, 0.1) is 13.8 Å². The van der Waals surface area contributed by atoms with Crippen LogP contribution in [0.25, 0.3) is 0 Å². The van der Waals surface area contributed by atoms with Crippen LogP contribution < -0.4 is 10.6 Å². The number of rotatable bonds is 2.